The number of aliphatic carboxylic acids is 1. The number of carbonyl (C=O) groups is 2. The summed E-state index contributed by atoms with van der Waals surface area (Å²) in [7, 11) is 1.72. The summed E-state index contributed by atoms with van der Waals surface area (Å²) in [5.41, 5.74) is -0.491. The number of hydrogen-bond acceptors (Lipinski definition) is 4. The lowest BCUT2D eigenvalue weighted by Gasteiger charge is -2.21. The van der Waals surface area contributed by atoms with Crippen molar-refractivity contribution >= 4 is 11.9 Å². The molecule has 0 aromatic carbocycles. The first kappa shape index (κ1) is 14.6. The van der Waals surface area contributed by atoms with Crippen molar-refractivity contribution in [1.29, 1.82) is 0 Å². The molecule has 16 heavy (non-hydrogen) atoms. The molecule has 1 N–H and O–H groups in total. The van der Waals surface area contributed by atoms with Crippen LogP contribution in [0.1, 0.15) is 20.8 Å². The van der Waals surface area contributed by atoms with Crippen LogP contribution in [0.25, 0.3) is 0 Å². The third-order valence-corrected chi connectivity index (χ3v) is 1.50. The third-order valence-electron chi connectivity index (χ3n) is 1.50. The van der Waals surface area contributed by atoms with Gasteiger partial charge in [-0.15, -0.1) is 0 Å². The van der Waals surface area contributed by atoms with Crippen LogP contribution < -0.4 is 0 Å². The van der Waals surface area contributed by atoms with Gasteiger partial charge in [-0.2, -0.15) is 0 Å². The lowest BCUT2D eigenvalue weighted by atomic mass is 10.2. The van der Waals surface area contributed by atoms with Crippen molar-refractivity contribution in [1.82, 2.24) is 4.90 Å². The largest absolute Gasteiger partial charge is 0.478 e. The van der Waals surface area contributed by atoms with Crippen LogP contribution in [0, 0.1) is 0 Å². The number of hydrogen-bond donors (Lipinski definition) is 1. The Labute approximate surface area is 95.7 Å². The highest BCUT2D eigenvalue weighted by molar-refractivity contribution is 5.79. The van der Waals surface area contributed by atoms with E-state index in [1.165, 1.54) is 6.08 Å². The molecule has 0 aliphatic carbocycles. The van der Waals surface area contributed by atoms with E-state index in [0.717, 1.165) is 6.08 Å². The van der Waals surface area contributed by atoms with Crippen molar-refractivity contribution in [3.8, 4) is 0 Å². The summed E-state index contributed by atoms with van der Waals surface area (Å²) in [6.45, 7) is 5.94. The predicted octanol–water partition coefficient (Wildman–Crippen LogP) is 0.901. The predicted molar refractivity (Wildman–Crippen MR) is 60.1 cm³/mol. The summed E-state index contributed by atoms with van der Waals surface area (Å²) in [6.07, 6.45) is 2.53. The molecule has 0 saturated carbocycles. The number of ether oxygens (including phenoxy) is 1. The second-order valence-corrected chi connectivity index (χ2v) is 4.52. The van der Waals surface area contributed by atoms with Gasteiger partial charge in [-0.05, 0) is 27.8 Å². The molecule has 0 heterocycles. The first-order valence-corrected chi connectivity index (χ1v) is 5.00. The number of esters is 1. The molecule has 0 atom stereocenters. The van der Waals surface area contributed by atoms with Crippen LogP contribution in [-0.4, -0.2) is 47.7 Å². The minimum Gasteiger partial charge on any atom is -0.478 e. The summed E-state index contributed by atoms with van der Waals surface area (Å²) < 4.78 is 5.11. The minimum absolute atomic E-state index is 0.140. The molecule has 0 saturated heterocycles. The van der Waals surface area contributed by atoms with E-state index in [-0.39, 0.29) is 12.5 Å². The molecule has 0 spiro atoms. The maximum atomic E-state index is 11.4. The number of likely N-dealkylation sites (N-methyl/N-ethyl adjacent to an activating group) is 1. The molecule has 0 aromatic heterocycles. The molecule has 92 valence electrons. The van der Waals surface area contributed by atoms with Crippen molar-refractivity contribution < 1.29 is 19.4 Å². The van der Waals surface area contributed by atoms with E-state index in [1.807, 2.05) is 0 Å². The van der Waals surface area contributed by atoms with Crippen LogP contribution in [0.4, 0.5) is 0 Å². The SMILES string of the molecule is CN(C/C=C/C(=O)O)CC(=O)OC(C)(C)C. The molecule has 0 aliphatic rings. The average Bonchev–Trinajstić information content (AvgIpc) is 1.98. The molecule has 0 aromatic rings. The molecular weight excluding hydrogens is 210 g/mol. The van der Waals surface area contributed by atoms with Crippen molar-refractivity contribution in [2.75, 3.05) is 20.1 Å². The van der Waals surface area contributed by atoms with Crippen LogP contribution >= 0.6 is 0 Å². The van der Waals surface area contributed by atoms with Gasteiger partial charge >= 0.3 is 11.9 Å². The van der Waals surface area contributed by atoms with Gasteiger partial charge in [-0.3, -0.25) is 9.69 Å². The summed E-state index contributed by atoms with van der Waals surface area (Å²) in [6, 6.07) is 0. The van der Waals surface area contributed by atoms with Crippen LogP contribution in [0.5, 0.6) is 0 Å². The number of carbonyl (C=O) groups excluding carboxylic acids is 1. The topological polar surface area (TPSA) is 66.8 Å². The zero-order valence-electron chi connectivity index (χ0n) is 10.2. The zero-order valence-corrected chi connectivity index (χ0v) is 10.2. The van der Waals surface area contributed by atoms with Crippen LogP contribution in [0.3, 0.4) is 0 Å². The smallest absolute Gasteiger partial charge is 0.328 e. The van der Waals surface area contributed by atoms with E-state index in [4.69, 9.17) is 9.84 Å². The highest BCUT2D eigenvalue weighted by Gasteiger charge is 2.16. The quantitative estimate of drug-likeness (QED) is 0.560. The lowest BCUT2D eigenvalue weighted by molar-refractivity contribution is -0.155. The van der Waals surface area contributed by atoms with Gasteiger partial charge in [0.15, 0.2) is 0 Å². The lowest BCUT2D eigenvalue weighted by Crippen LogP contribution is -2.32. The third kappa shape index (κ3) is 9.21. The van der Waals surface area contributed by atoms with E-state index in [0.29, 0.717) is 6.54 Å². The highest BCUT2D eigenvalue weighted by Crippen LogP contribution is 2.06. The van der Waals surface area contributed by atoms with Gasteiger partial charge in [0.1, 0.15) is 5.60 Å². The molecular formula is C11H19NO4. The Hall–Kier alpha value is -1.36. The molecule has 0 fully saturated rings. The number of carboxylic acid groups (broad SMARTS) is 1. The van der Waals surface area contributed by atoms with Gasteiger partial charge in [0, 0.05) is 12.6 Å². The monoisotopic (exact) mass is 229 g/mol. The van der Waals surface area contributed by atoms with E-state index in [1.54, 1.807) is 32.7 Å². The van der Waals surface area contributed by atoms with Crippen LogP contribution in [-0.2, 0) is 14.3 Å². The summed E-state index contributed by atoms with van der Waals surface area (Å²) >= 11 is 0. The normalized spacial score (nSPS) is 12.1. The summed E-state index contributed by atoms with van der Waals surface area (Å²) in [4.78, 5) is 23.2. The Kier molecular flexibility index (Phi) is 5.74. The summed E-state index contributed by atoms with van der Waals surface area (Å²) in [5, 5.41) is 8.36. The van der Waals surface area contributed by atoms with Gasteiger partial charge < -0.3 is 9.84 Å². The average molecular weight is 229 g/mol. The molecule has 0 unspecified atom stereocenters. The zero-order chi connectivity index (χ0) is 12.8. The highest BCUT2D eigenvalue weighted by atomic mass is 16.6. The van der Waals surface area contributed by atoms with E-state index >= 15 is 0 Å². The fourth-order valence-electron chi connectivity index (χ4n) is 0.992. The summed E-state index contributed by atoms with van der Waals surface area (Å²) in [5.74, 6) is -1.32. The molecule has 0 bridgehead atoms. The Morgan fingerprint density at radius 1 is 1.38 bits per heavy atom. The van der Waals surface area contributed by atoms with Gasteiger partial charge in [0.2, 0.25) is 0 Å². The standard InChI is InChI=1S/C11H19NO4/c1-11(2,3)16-10(15)8-12(4)7-5-6-9(13)14/h5-6H,7-8H2,1-4H3,(H,13,14)/b6-5+. The van der Waals surface area contributed by atoms with Crippen molar-refractivity contribution in [2.45, 2.75) is 26.4 Å². The fraction of sp³-hybridized carbons (Fsp3) is 0.636. The Morgan fingerprint density at radius 2 is 1.94 bits per heavy atom. The van der Waals surface area contributed by atoms with Crippen molar-refractivity contribution in [2.24, 2.45) is 0 Å². The van der Waals surface area contributed by atoms with Crippen molar-refractivity contribution in [3.63, 3.8) is 0 Å². The molecule has 0 rings (SSSR count). The second kappa shape index (κ2) is 6.27. The molecule has 0 radical (unpaired) electrons. The minimum atomic E-state index is -0.995. The van der Waals surface area contributed by atoms with E-state index < -0.39 is 11.6 Å². The van der Waals surface area contributed by atoms with Crippen LogP contribution in [0.15, 0.2) is 12.2 Å². The molecule has 5 heteroatoms. The number of nitrogens with zero attached hydrogens (tertiary/aromatic N) is 1. The first-order valence-electron chi connectivity index (χ1n) is 5.00. The Morgan fingerprint density at radius 3 is 2.38 bits per heavy atom. The van der Waals surface area contributed by atoms with Crippen molar-refractivity contribution in [3.05, 3.63) is 12.2 Å². The van der Waals surface area contributed by atoms with E-state index in [9.17, 15) is 9.59 Å². The van der Waals surface area contributed by atoms with Gasteiger partial charge in [0.25, 0.3) is 0 Å². The molecule has 0 amide bonds. The molecule has 5 nitrogen and oxygen atoms in total. The fourth-order valence-corrected chi connectivity index (χ4v) is 0.992. The first-order chi connectivity index (χ1) is 7.20. The van der Waals surface area contributed by atoms with E-state index in [2.05, 4.69) is 0 Å². The molecule has 0 aliphatic heterocycles. The number of rotatable bonds is 5. The Balaban J connectivity index is 3.92. The van der Waals surface area contributed by atoms with Gasteiger partial charge in [-0.25, -0.2) is 4.79 Å². The van der Waals surface area contributed by atoms with Gasteiger partial charge in [0.05, 0.1) is 6.54 Å². The maximum Gasteiger partial charge on any atom is 0.328 e. The van der Waals surface area contributed by atoms with Gasteiger partial charge in [-0.1, -0.05) is 6.08 Å². The second-order valence-electron chi connectivity index (χ2n) is 4.52. The maximum absolute atomic E-state index is 11.4. The number of carboxylic acids is 1. The Bertz CT molecular complexity index is 278. The van der Waals surface area contributed by atoms with Crippen LogP contribution in [0.2, 0.25) is 0 Å².